The Balaban J connectivity index is 1.55. The predicted molar refractivity (Wildman–Crippen MR) is 396 cm³/mol. The molecule has 4 aliphatic heterocycles. The number of guanidine groups is 1. The maximum atomic E-state index is 14.9. The van der Waals surface area contributed by atoms with Gasteiger partial charge in [0.1, 0.15) is 66.5 Å². The molecule has 4 heterocycles. The number of rotatable bonds is 22. The molecule has 36 nitrogen and oxygen atoms in total. The number of unbranched alkanes of at least 4 members (excludes halogenated alkanes) is 1. The molecular weight excluding hydrogens is 1430 g/mol. The molecule has 0 aliphatic carbocycles. The number of aliphatic hydroxyl groups excluding tert-OH is 2. The predicted octanol–water partition coefficient (Wildman–Crippen LogP) is -5.15. The highest BCUT2D eigenvalue weighted by Crippen LogP contribution is 2.28. The lowest BCUT2D eigenvalue weighted by Gasteiger charge is -2.35. The van der Waals surface area contributed by atoms with Crippen LogP contribution in [0.4, 0.5) is 0 Å². The first-order chi connectivity index (χ1) is 50.9. The zero-order valence-electron chi connectivity index (χ0n) is 61.5. The number of nitrogens with one attached hydrogen (secondary N) is 9. The lowest BCUT2D eigenvalue weighted by atomic mass is 9.96. The standard InChI is InChI=1S/C69H110N18O18S2/c1-6-39(3)55-67(104)84(30-32-107)36-52(91)76-46(33-42-17-9-8-10-18-42)65(102)85-26-14-21-48(85)61(98)78-45(34-54(93)94)58(95)74-35-51(90)75-44(20-13-25-73-69(71)72)64(101)83(29-31-106)37-53(92)80-57(41(5)89)63(100)77-43(19-11-12-24-70)59(96)79-47(38-88)60(97)81-56(40(4)7-2)68(105)87-28-16-23-50(87)66(103)86-27-15-22-49(86)62(99)82-55/h8-10,17-18,39-41,43-50,55-57,88-89,106-107H,6-7,11-16,19-38,70H2,1-5H3,(H,74,95)(H,75,90)(H,76,91)(H,77,100)(H,78,98)(H,79,96)(H,80,92)(H,81,97)(H,82,99)(H,93,94)(H4,71,72,73)/t39-,40-,41+,43-,44-,45-,46-,47-,48-,49-,50-,55-,56-,57-/m0/s1. The molecule has 14 amide bonds. The number of fused-ring (bicyclic) bond motifs is 3. The van der Waals surface area contributed by atoms with Crippen LogP contribution in [-0.2, 0) is 78.3 Å². The average Bonchev–Trinajstić information content (AvgIpc) is 1.68. The van der Waals surface area contributed by atoms with Gasteiger partial charge in [-0.05, 0) is 101 Å². The molecule has 107 heavy (non-hydrogen) atoms. The van der Waals surface area contributed by atoms with E-state index in [0.29, 0.717) is 37.7 Å². The number of carboxylic acid groups (broad SMARTS) is 1. The number of aliphatic hydroxyl groups is 2. The summed E-state index contributed by atoms with van der Waals surface area (Å²) in [4.78, 5) is 224. The fraction of sp³-hybridized carbons (Fsp3) is 0.681. The van der Waals surface area contributed by atoms with E-state index in [9.17, 15) is 87.2 Å². The Hall–Kier alpha value is -8.88. The number of nitrogens with zero attached hydrogens (tertiary/aromatic N) is 6. The smallest absolute Gasteiger partial charge is 0.305 e. The van der Waals surface area contributed by atoms with Gasteiger partial charge >= 0.3 is 5.97 Å². The van der Waals surface area contributed by atoms with Gasteiger partial charge in [-0.25, -0.2) is 0 Å². The van der Waals surface area contributed by atoms with Crippen LogP contribution in [0.25, 0.3) is 0 Å². The van der Waals surface area contributed by atoms with E-state index in [1.807, 2.05) is 0 Å². The number of hydrogen-bond acceptors (Lipinski definition) is 21. The lowest BCUT2D eigenvalue weighted by Crippen LogP contribution is -2.62. The van der Waals surface area contributed by atoms with Crippen LogP contribution in [0.15, 0.2) is 35.3 Å². The molecule has 0 bridgehead atoms. The number of carbonyl (C=O) groups is 15. The van der Waals surface area contributed by atoms with E-state index in [1.165, 1.54) is 19.6 Å². The summed E-state index contributed by atoms with van der Waals surface area (Å²) < 4.78 is 0. The molecule has 596 valence electrons. The van der Waals surface area contributed by atoms with Crippen molar-refractivity contribution in [3.63, 3.8) is 0 Å². The summed E-state index contributed by atoms with van der Waals surface area (Å²) >= 11 is 8.66. The first kappa shape index (κ1) is 88.7. The van der Waals surface area contributed by atoms with Crippen molar-refractivity contribution in [1.29, 1.82) is 0 Å². The van der Waals surface area contributed by atoms with Gasteiger partial charge in [-0.15, -0.1) is 0 Å². The highest BCUT2D eigenvalue weighted by molar-refractivity contribution is 7.80. The number of amides is 14. The molecule has 14 atom stereocenters. The zero-order valence-corrected chi connectivity index (χ0v) is 63.3. The van der Waals surface area contributed by atoms with Gasteiger partial charge in [0.15, 0.2) is 5.96 Å². The summed E-state index contributed by atoms with van der Waals surface area (Å²) in [6, 6.07) is -7.43. The molecule has 1 aromatic rings. The van der Waals surface area contributed by atoms with Crippen molar-refractivity contribution in [1.82, 2.24) is 72.4 Å². The molecule has 5 rings (SSSR count). The second-order valence-electron chi connectivity index (χ2n) is 27.4. The van der Waals surface area contributed by atoms with Gasteiger partial charge in [-0.1, -0.05) is 70.9 Å². The van der Waals surface area contributed by atoms with E-state index < -0.39 is 206 Å². The highest BCUT2D eigenvalue weighted by atomic mass is 32.1. The van der Waals surface area contributed by atoms with Crippen LogP contribution < -0.4 is 65.1 Å². The van der Waals surface area contributed by atoms with Crippen molar-refractivity contribution in [2.45, 2.75) is 203 Å². The Labute approximate surface area is 633 Å². The summed E-state index contributed by atoms with van der Waals surface area (Å²) in [5.74, 6) is -15.4. The monoisotopic (exact) mass is 1540 g/mol. The minimum atomic E-state index is -1.86. The van der Waals surface area contributed by atoms with E-state index in [2.05, 4.69) is 78.1 Å². The number of thiol groups is 2. The van der Waals surface area contributed by atoms with Crippen molar-refractivity contribution in [2.24, 2.45) is 34.0 Å². The van der Waals surface area contributed by atoms with E-state index in [-0.39, 0.29) is 121 Å². The van der Waals surface area contributed by atoms with Gasteiger partial charge in [0.2, 0.25) is 82.7 Å². The highest BCUT2D eigenvalue weighted by Gasteiger charge is 2.47. The number of nitrogens with two attached hydrogens (primary N) is 3. The van der Waals surface area contributed by atoms with Crippen LogP contribution in [0.5, 0.6) is 0 Å². The molecule has 0 spiro atoms. The Kier molecular flexibility index (Phi) is 36.8. The zero-order chi connectivity index (χ0) is 79.2. The third-order valence-corrected chi connectivity index (χ3v) is 19.9. The first-order valence-electron chi connectivity index (χ1n) is 36.6. The molecule has 4 saturated heterocycles. The SMILES string of the molecule is CC[C@H](C)[C@@H]1NC(=O)[C@@H]2CCCN2C(=O)[C@@H]2CCCN2C(=O)[C@H]([C@@H](C)CC)NC(=O)[C@H](CO)NC(=O)[C@H](CCCCN)NC(=O)[C@H]([C@@H](C)O)NC(=O)CN(CCS)C(=O)[C@H](CCCN=C(N)N)NC(=O)CNC(=O)[C@H](CC(=O)O)NC(=O)[C@@H]2CCCN2C(=O)[C@H](Cc2ccccc2)NC(=O)CN(CCS)C1=O. The second kappa shape index (κ2) is 44.4. The first-order valence-corrected chi connectivity index (χ1v) is 37.9. The van der Waals surface area contributed by atoms with E-state index in [4.69, 9.17) is 17.2 Å². The van der Waals surface area contributed by atoms with Crippen LogP contribution in [0.2, 0.25) is 0 Å². The fourth-order valence-corrected chi connectivity index (χ4v) is 13.7. The van der Waals surface area contributed by atoms with Gasteiger partial charge in [0.05, 0.1) is 38.8 Å². The van der Waals surface area contributed by atoms with Crippen molar-refractivity contribution in [2.75, 3.05) is 83.6 Å². The molecule has 0 unspecified atom stereocenters. The third-order valence-electron chi connectivity index (χ3n) is 19.5. The van der Waals surface area contributed by atoms with Crippen LogP contribution in [0, 0.1) is 11.8 Å². The normalized spacial score (nSPS) is 26.4. The maximum Gasteiger partial charge on any atom is 0.305 e. The molecule has 0 aromatic heterocycles. The minimum absolute atomic E-state index is 0.0238. The summed E-state index contributed by atoms with van der Waals surface area (Å²) in [5, 5.41) is 54.4. The number of benzene rings is 1. The van der Waals surface area contributed by atoms with Crippen LogP contribution in [-0.4, -0.2) is 291 Å². The van der Waals surface area contributed by atoms with Gasteiger partial charge < -0.3 is 105 Å². The number of carboxylic acids is 1. The largest absolute Gasteiger partial charge is 0.481 e. The van der Waals surface area contributed by atoms with Crippen molar-refractivity contribution in [3.05, 3.63) is 35.9 Å². The topological polar surface area (TPSA) is 532 Å². The number of carbonyl (C=O) groups excluding carboxylic acids is 14. The third kappa shape index (κ3) is 26.5. The molecule has 0 radical (unpaired) electrons. The molecular formula is C69H110N18O18S2. The Bertz CT molecular complexity index is 3300. The molecule has 18 N–H and O–H groups in total. The second-order valence-corrected chi connectivity index (χ2v) is 28.3. The van der Waals surface area contributed by atoms with Gasteiger partial charge in [-0.3, -0.25) is 76.9 Å². The summed E-state index contributed by atoms with van der Waals surface area (Å²) in [5.41, 5.74) is 17.4. The van der Waals surface area contributed by atoms with Crippen molar-refractivity contribution in [3.8, 4) is 0 Å². The Morgan fingerprint density at radius 1 is 0.542 bits per heavy atom. The van der Waals surface area contributed by atoms with E-state index in [1.54, 1.807) is 58.0 Å². The number of aliphatic imine (C=N–C) groups is 1. The molecule has 4 fully saturated rings. The van der Waals surface area contributed by atoms with Gasteiger partial charge in [0.25, 0.3) is 0 Å². The molecule has 1 aromatic carbocycles. The maximum absolute atomic E-state index is 14.9. The summed E-state index contributed by atoms with van der Waals surface area (Å²) in [6.07, 6.45) is -0.508. The average molecular weight is 1540 g/mol. The summed E-state index contributed by atoms with van der Waals surface area (Å²) in [6.45, 7) is 4.58. The lowest BCUT2D eigenvalue weighted by molar-refractivity contribution is -0.149. The molecule has 4 aliphatic rings. The van der Waals surface area contributed by atoms with E-state index in [0.717, 1.165) is 11.8 Å². The van der Waals surface area contributed by atoms with Crippen molar-refractivity contribution >= 4 is 120 Å². The Morgan fingerprint density at radius 3 is 1.59 bits per heavy atom. The molecule has 0 saturated carbocycles. The van der Waals surface area contributed by atoms with Crippen molar-refractivity contribution < 1.29 is 87.2 Å². The van der Waals surface area contributed by atoms with E-state index >= 15 is 0 Å². The van der Waals surface area contributed by atoms with Crippen LogP contribution in [0.1, 0.15) is 130 Å². The number of aliphatic carboxylic acids is 1. The number of hydrogen-bond donors (Lipinski definition) is 17. The van der Waals surface area contributed by atoms with Gasteiger partial charge in [-0.2, -0.15) is 25.3 Å². The fourth-order valence-electron chi connectivity index (χ4n) is 13.2. The van der Waals surface area contributed by atoms with Crippen LogP contribution >= 0.6 is 25.3 Å². The Morgan fingerprint density at radius 2 is 1.04 bits per heavy atom. The molecule has 38 heteroatoms. The van der Waals surface area contributed by atoms with Gasteiger partial charge in [0, 0.05) is 57.2 Å². The quantitative estimate of drug-likeness (QED) is 0.0223. The van der Waals surface area contributed by atoms with Crippen LogP contribution in [0.3, 0.4) is 0 Å². The minimum Gasteiger partial charge on any atom is -0.481 e. The summed E-state index contributed by atoms with van der Waals surface area (Å²) in [7, 11) is 0.